The molecular weight excluding hydrogens is 254 g/mol. The molecule has 16 heavy (non-hydrogen) atoms. The van der Waals surface area contributed by atoms with E-state index < -0.39 is 16.0 Å². The minimum atomic E-state index is -3.46. The Morgan fingerprint density at radius 2 is 2.00 bits per heavy atom. The van der Waals surface area contributed by atoms with E-state index >= 15 is 0 Å². The van der Waals surface area contributed by atoms with Crippen molar-refractivity contribution in [1.82, 2.24) is 4.72 Å². The molecule has 0 spiro atoms. The standard InChI is InChI=1S/C8H17NO5S2/c10-4-1-5-15-6-3-9-16(13,14)7-2-8(11)12/h9-10H,1-7H2,(H,11,12). The van der Waals surface area contributed by atoms with Crippen LogP contribution in [0.2, 0.25) is 0 Å². The fraction of sp³-hybridized carbons (Fsp3) is 0.875. The number of aliphatic carboxylic acids is 1. The van der Waals surface area contributed by atoms with Gasteiger partial charge in [0, 0.05) is 18.9 Å². The van der Waals surface area contributed by atoms with E-state index in [1.807, 2.05) is 0 Å². The topological polar surface area (TPSA) is 104 Å². The maximum atomic E-state index is 11.2. The lowest BCUT2D eigenvalue weighted by atomic mass is 10.5. The van der Waals surface area contributed by atoms with E-state index in [1.165, 1.54) is 11.8 Å². The fourth-order valence-electron chi connectivity index (χ4n) is 0.832. The number of sulfonamides is 1. The third-order valence-corrected chi connectivity index (χ3v) is 4.06. The maximum absolute atomic E-state index is 11.2. The van der Waals surface area contributed by atoms with E-state index in [9.17, 15) is 13.2 Å². The van der Waals surface area contributed by atoms with Gasteiger partial charge in [0.1, 0.15) is 0 Å². The van der Waals surface area contributed by atoms with Gasteiger partial charge in [0.05, 0.1) is 12.2 Å². The molecule has 0 saturated heterocycles. The number of nitrogens with one attached hydrogen (secondary N) is 1. The number of carboxylic acids is 1. The van der Waals surface area contributed by atoms with Crippen LogP contribution in [0.25, 0.3) is 0 Å². The molecule has 0 rings (SSSR count). The third kappa shape index (κ3) is 10.2. The molecule has 0 aliphatic heterocycles. The zero-order valence-electron chi connectivity index (χ0n) is 8.89. The second kappa shape index (κ2) is 8.80. The van der Waals surface area contributed by atoms with E-state index in [0.29, 0.717) is 12.2 Å². The van der Waals surface area contributed by atoms with Crippen LogP contribution < -0.4 is 4.72 Å². The first kappa shape index (κ1) is 15.7. The van der Waals surface area contributed by atoms with Gasteiger partial charge in [0.15, 0.2) is 0 Å². The Morgan fingerprint density at radius 3 is 2.56 bits per heavy atom. The second-order valence-electron chi connectivity index (χ2n) is 3.05. The monoisotopic (exact) mass is 271 g/mol. The van der Waals surface area contributed by atoms with E-state index in [4.69, 9.17) is 10.2 Å². The van der Waals surface area contributed by atoms with Crippen molar-refractivity contribution < 1.29 is 23.4 Å². The molecular formula is C8H17NO5S2. The van der Waals surface area contributed by atoms with Crippen LogP contribution in [-0.4, -0.2) is 55.0 Å². The molecule has 0 radical (unpaired) electrons. The SMILES string of the molecule is O=C(O)CCS(=O)(=O)NCCSCCCO. The number of hydrogen-bond acceptors (Lipinski definition) is 5. The summed E-state index contributed by atoms with van der Waals surface area (Å²) in [5, 5.41) is 16.8. The van der Waals surface area contributed by atoms with E-state index in [0.717, 1.165) is 5.75 Å². The Labute approximate surface area is 99.5 Å². The van der Waals surface area contributed by atoms with Gasteiger partial charge in [-0.2, -0.15) is 11.8 Å². The van der Waals surface area contributed by atoms with Gasteiger partial charge in [-0.15, -0.1) is 0 Å². The number of carbonyl (C=O) groups is 1. The number of thioether (sulfide) groups is 1. The molecule has 6 nitrogen and oxygen atoms in total. The first-order chi connectivity index (χ1) is 7.48. The highest BCUT2D eigenvalue weighted by atomic mass is 32.2. The molecule has 0 aliphatic rings. The van der Waals surface area contributed by atoms with Crippen molar-refractivity contribution in [3.8, 4) is 0 Å². The summed E-state index contributed by atoms with van der Waals surface area (Å²) in [6.45, 7) is 0.426. The molecule has 0 atom stereocenters. The highest BCUT2D eigenvalue weighted by molar-refractivity contribution is 7.99. The van der Waals surface area contributed by atoms with Gasteiger partial charge in [-0.05, 0) is 12.2 Å². The smallest absolute Gasteiger partial charge is 0.304 e. The summed E-state index contributed by atoms with van der Waals surface area (Å²) < 4.78 is 24.7. The van der Waals surface area contributed by atoms with E-state index in [2.05, 4.69) is 4.72 Å². The molecule has 0 aromatic rings. The van der Waals surface area contributed by atoms with Crippen molar-refractivity contribution in [3.63, 3.8) is 0 Å². The van der Waals surface area contributed by atoms with Crippen molar-refractivity contribution in [2.45, 2.75) is 12.8 Å². The summed E-state index contributed by atoms with van der Waals surface area (Å²) in [4.78, 5) is 10.2. The molecule has 0 amide bonds. The first-order valence-electron chi connectivity index (χ1n) is 4.85. The highest BCUT2D eigenvalue weighted by Gasteiger charge is 2.11. The molecule has 96 valence electrons. The van der Waals surface area contributed by atoms with Crippen LogP contribution >= 0.6 is 11.8 Å². The Morgan fingerprint density at radius 1 is 1.31 bits per heavy atom. The molecule has 0 fully saturated rings. The number of aliphatic hydroxyl groups is 1. The summed E-state index contributed by atoms with van der Waals surface area (Å²) in [7, 11) is -3.46. The summed E-state index contributed by atoms with van der Waals surface area (Å²) >= 11 is 1.54. The van der Waals surface area contributed by atoms with Crippen LogP contribution in [-0.2, 0) is 14.8 Å². The van der Waals surface area contributed by atoms with Gasteiger partial charge >= 0.3 is 5.97 Å². The van der Waals surface area contributed by atoms with Gasteiger partial charge in [-0.25, -0.2) is 13.1 Å². The van der Waals surface area contributed by atoms with Crippen LogP contribution in [0.5, 0.6) is 0 Å². The highest BCUT2D eigenvalue weighted by Crippen LogP contribution is 2.00. The molecule has 0 saturated carbocycles. The molecule has 0 bridgehead atoms. The minimum absolute atomic E-state index is 0.136. The fourth-order valence-corrected chi connectivity index (χ4v) is 2.75. The molecule has 0 heterocycles. The molecule has 0 aromatic heterocycles. The Balaban J connectivity index is 3.55. The summed E-state index contributed by atoms with van der Waals surface area (Å²) in [5.74, 6) is -0.105. The number of aliphatic hydroxyl groups excluding tert-OH is 1. The van der Waals surface area contributed by atoms with Gasteiger partial charge in [-0.3, -0.25) is 4.79 Å². The lowest BCUT2D eigenvalue weighted by Gasteiger charge is -2.04. The normalized spacial score (nSPS) is 11.6. The van der Waals surface area contributed by atoms with Crippen molar-refractivity contribution in [1.29, 1.82) is 0 Å². The molecule has 3 N–H and O–H groups in total. The lowest BCUT2D eigenvalue weighted by Crippen LogP contribution is -2.29. The molecule has 0 unspecified atom stereocenters. The quantitative estimate of drug-likeness (QED) is 0.463. The summed E-state index contributed by atoms with van der Waals surface area (Å²) in [6, 6.07) is 0. The average Bonchev–Trinajstić information content (AvgIpc) is 2.21. The predicted octanol–water partition coefficient (Wildman–Crippen LogP) is -0.504. The zero-order valence-corrected chi connectivity index (χ0v) is 10.5. The van der Waals surface area contributed by atoms with Crippen LogP contribution in [0, 0.1) is 0 Å². The Bertz CT molecular complexity index is 291. The summed E-state index contributed by atoms with van der Waals surface area (Å²) in [6.07, 6.45) is 0.309. The Kier molecular flexibility index (Phi) is 8.63. The summed E-state index contributed by atoms with van der Waals surface area (Å²) in [5.41, 5.74) is 0. The van der Waals surface area contributed by atoms with Crippen LogP contribution in [0.4, 0.5) is 0 Å². The van der Waals surface area contributed by atoms with Gasteiger partial charge in [0.2, 0.25) is 10.0 Å². The third-order valence-electron chi connectivity index (χ3n) is 1.60. The molecule has 0 aromatic carbocycles. The zero-order chi connectivity index (χ0) is 12.4. The molecule has 8 heteroatoms. The number of rotatable bonds is 10. The van der Waals surface area contributed by atoms with Gasteiger partial charge < -0.3 is 10.2 Å². The number of carboxylic acid groups (broad SMARTS) is 1. The minimum Gasteiger partial charge on any atom is -0.481 e. The van der Waals surface area contributed by atoms with E-state index in [1.54, 1.807) is 0 Å². The number of hydrogen-bond donors (Lipinski definition) is 3. The van der Waals surface area contributed by atoms with Crippen molar-refractivity contribution in [2.24, 2.45) is 0 Å². The van der Waals surface area contributed by atoms with Crippen LogP contribution in [0.1, 0.15) is 12.8 Å². The van der Waals surface area contributed by atoms with Crippen LogP contribution in [0.3, 0.4) is 0 Å². The molecule has 0 aliphatic carbocycles. The first-order valence-corrected chi connectivity index (χ1v) is 7.66. The lowest BCUT2D eigenvalue weighted by molar-refractivity contribution is -0.136. The van der Waals surface area contributed by atoms with Crippen LogP contribution in [0.15, 0.2) is 0 Å². The Hall–Kier alpha value is -0.310. The van der Waals surface area contributed by atoms with Crippen molar-refractivity contribution in [2.75, 3.05) is 30.4 Å². The van der Waals surface area contributed by atoms with Crippen molar-refractivity contribution in [3.05, 3.63) is 0 Å². The maximum Gasteiger partial charge on any atom is 0.304 e. The van der Waals surface area contributed by atoms with Gasteiger partial charge in [0.25, 0.3) is 0 Å². The average molecular weight is 271 g/mol. The van der Waals surface area contributed by atoms with E-state index in [-0.39, 0.29) is 25.3 Å². The van der Waals surface area contributed by atoms with Gasteiger partial charge in [-0.1, -0.05) is 0 Å². The second-order valence-corrected chi connectivity index (χ2v) is 6.20. The predicted molar refractivity (Wildman–Crippen MR) is 63.1 cm³/mol. The largest absolute Gasteiger partial charge is 0.481 e. The van der Waals surface area contributed by atoms with Crippen molar-refractivity contribution >= 4 is 27.8 Å².